The first-order valence-electron chi connectivity index (χ1n) is 6.10. The van der Waals surface area contributed by atoms with Gasteiger partial charge in [-0.3, -0.25) is 0 Å². The monoisotopic (exact) mass is 247 g/mol. The number of rotatable bonds is 6. The van der Waals surface area contributed by atoms with E-state index in [1.54, 1.807) is 0 Å². The van der Waals surface area contributed by atoms with Crippen molar-refractivity contribution in [2.45, 2.75) is 40.0 Å². The highest BCUT2D eigenvalue weighted by atomic mass is 16.4. The van der Waals surface area contributed by atoms with Gasteiger partial charge in [0.2, 0.25) is 0 Å². The zero-order chi connectivity index (χ0) is 13.9. The van der Waals surface area contributed by atoms with Crippen LogP contribution in [0.2, 0.25) is 0 Å². The minimum atomic E-state index is -2.07. The van der Waals surface area contributed by atoms with E-state index in [1.165, 1.54) is 43.4 Å². The summed E-state index contributed by atoms with van der Waals surface area (Å²) in [6, 6.07) is 0. The van der Waals surface area contributed by atoms with Crippen LogP contribution < -0.4 is 5.11 Å². The lowest BCUT2D eigenvalue weighted by Crippen LogP contribution is -2.45. The highest BCUT2D eigenvalue weighted by Gasteiger charge is 2.16. The van der Waals surface area contributed by atoms with Crippen molar-refractivity contribution in [3.05, 3.63) is 0 Å². The Morgan fingerprint density at radius 2 is 1.24 bits per heavy atom. The van der Waals surface area contributed by atoms with Gasteiger partial charge in [0.1, 0.15) is 0 Å². The van der Waals surface area contributed by atoms with E-state index in [1.807, 2.05) is 0 Å². The Labute approximate surface area is 104 Å². The number of hydrogen-bond donors (Lipinski definition) is 1. The van der Waals surface area contributed by atoms with Gasteiger partial charge in [-0.1, -0.05) is 20.8 Å². The summed E-state index contributed by atoms with van der Waals surface area (Å²) < 4.78 is 1.28. The van der Waals surface area contributed by atoms with Gasteiger partial charge in [-0.15, -0.1) is 0 Å². The van der Waals surface area contributed by atoms with Crippen LogP contribution in [0.25, 0.3) is 0 Å². The fraction of sp³-hybridized carbons (Fsp3) is 0.833. The van der Waals surface area contributed by atoms with Crippen LogP contribution in [-0.2, 0) is 9.59 Å². The number of nitrogens with zero attached hydrogens (tertiary/aromatic N) is 1. The molecule has 0 atom stereocenters. The molecule has 0 saturated heterocycles. The average Bonchev–Trinajstić information content (AvgIpc) is 2.19. The van der Waals surface area contributed by atoms with E-state index >= 15 is 0 Å². The van der Waals surface area contributed by atoms with Gasteiger partial charge in [-0.2, -0.15) is 0 Å². The van der Waals surface area contributed by atoms with Crippen molar-refractivity contribution in [2.24, 2.45) is 0 Å². The SMILES string of the molecule is CCC[N+](C)(CCC)CCC.O=C([O-])C(=O)O. The van der Waals surface area contributed by atoms with Gasteiger partial charge in [0, 0.05) is 0 Å². The molecule has 0 unspecified atom stereocenters. The van der Waals surface area contributed by atoms with Gasteiger partial charge in [-0.25, -0.2) is 4.79 Å². The Balaban J connectivity index is 0. The molecule has 0 aliphatic carbocycles. The van der Waals surface area contributed by atoms with E-state index in [2.05, 4.69) is 27.8 Å². The first-order valence-corrected chi connectivity index (χ1v) is 6.10. The zero-order valence-electron chi connectivity index (χ0n) is 11.4. The molecule has 0 fully saturated rings. The van der Waals surface area contributed by atoms with Crippen LogP contribution in [0.3, 0.4) is 0 Å². The van der Waals surface area contributed by atoms with Crippen molar-refractivity contribution < 1.29 is 24.3 Å². The van der Waals surface area contributed by atoms with Gasteiger partial charge in [0.15, 0.2) is 5.97 Å². The van der Waals surface area contributed by atoms with E-state index in [0.717, 1.165) is 0 Å². The zero-order valence-corrected chi connectivity index (χ0v) is 11.4. The summed E-state index contributed by atoms with van der Waals surface area (Å²) in [5.41, 5.74) is 0. The van der Waals surface area contributed by atoms with E-state index in [4.69, 9.17) is 19.8 Å². The van der Waals surface area contributed by atoms with Gasteiger partial charge < -0.3 is 19.5 Å². The van der Waals surface area contributed by atoms with Crippen LogP contribution in [-0.4, -0.2) is 48.2 Å². The van der Waals surface area contributed by atoms with Gasteiger partial charge >= 0.3 is 5.97 Å². The summed E-state index contributed by atoms with van der Waals surface area (Å²) in [4.78, 5) is 18.0. The van der Waals surface area contributed by atoms with E-state index < -0.39 is 11.9 Å². The van der Waals surface area contributed by atoms with Crippen LogP contribution in [0.5, 0.6) is 0 Å². The average molecular weight is 247 g/mol. The Morgan fingerprint density at radius 1 is 1.00 bits per heavy atom. The van der Waals surface area contributed by atoms with Gasteiger partial charge in [-0.05, 0) is 19.3 Å². The molecular weight excluding hydrogens is 222 g/mol. The number of quaternary nitrogens is 1. The lowest BCUT2D eigenvalue weighted by atomic mass is 10.2. The van der Waals surface area contributed by atoms with E-state index in [0.29, 0.717) is 0 Å². The van der Waals surface area contributed by atoms with E-state index in [-0.39, 0.29) is 0 Å². The molecule has 0 aromatic heterocycles. The number of hydrogen-bond acceptors (Lipinski definition) is 3. The lowest BCUT2D eigenvalue weighted by molar-refractivity contribution is -0.909. The Bertz CT molecular complexity index is 200. The maximum Gasteiger partial charge on any atom is 0.351 e. The third kappa shape index (κ3) is 11.2. The molecule has 1 N–H and O–H groups in total. The molecule has 0 radical (unpaired) electrons. The summed E-state index contributed by atoms with van der Waals surface area (Å²) in [5.74, 6) is -4.01. The van der Waals surface area contributed by atoms with Crippen molar-refractivity contribution in [2.75, 3.05) is 26.7 Å². The Hall–Kier alpha value is -1.10. The molecule has 0 aliphatic rings. The van der Waals surface area contributed by atoms with Crippen molar-refractivity contribution in [3.8, 4) is 0 Å². The normalized spacial score (nSPS) is 10.4. The number of carbonyl (C=O) groups is 2. The fourth-order valence-electron chi connectivity index (χ4n) is 1.95. The maximum absolute atomic E-state index is 9.04. The molecule has 0 spiro atoms. The quantitative estimate of drug-likeness (QED) is 0.547. The second-order valence-electron chi connectivity index (χ2n) is 4.38. The molecule has 17 heavy (non-hydrogen) atoms. The number of carbonyl (C=O) groups excluding carboxylic acids is 1. The molecule has 0 saturated carbocycles. The summed E-state index contributed by atoms with van der Waals surface area (Å²) in [7, 11) is 2.39. The first-order chi connectivity index (χ1) is 7.82. The third-order valence-corrected chi connectivity index (χ3v) is 2.46. The first kappa shape index (κ1) is 18.3. The molecule has 0 rings (SSSR count). The number of carboxylic acid groups (broad SMARTS) is 2. The van der Waals surface area contributed by atoms with Gasteiger partial charge in [0.25, 0.3) is 0 Å². The largest absolute Gasteiger partial charge is 0.539 e. The molecule has 0 aromatic rings. The second kappa shape index (κ2) is 10.1. The summed E-state index contributed by atoms with van der Waals surface area (Å²) in [6.07, 6.45) is 3.95. The van der Waals surface area contributed by atoms with Crippen molar-refractivity contribution in [1.29, 1.82) is 0 Å². The van der Waals surface area contributed by atoms with Crippen molar-refractivity contribution in [3.63, 3.8) is 0 Å². The minimum absolute atomic E-state index is 1.28. The van der Waals surface area contributed by atoms with E-state index in [9.17, 15) is 0 Å². The van der Waals surface area contributed by atoms with Crippen LogP contribution in [0, 0.1) is 0 Å². The number of aliphatic carboxylic acids is 2. The molecule has 0 amide bonds. The molecule has 102 valence electrons. The van der Waals surface area contributed by atoms with Crippen molar-refractivity contribution >= 4 is 11.9 Å². The maximum atomic E-state index is 9.04. The molecular formula is C12H25NO4. The Morgan fingerprint density at radius 3 is 1.35 bits per heavy atom. The molecule has 0 aliphatic heterocycles. The minimum Gasteiger partial charge on any atom is -0.539 e. The molecule has 5 nitrogen and oxygen atoms in total. The van der Waals surface area contributed by atoms with Crippen LogP contribution >= 0.6 is 0 Å². The predicted octanol–water partition coefficient (Wildman–Crippen LogP) is 0.484. The topological polar surface area (TPSA) is 77.4 Å². The standard InChI is InChI=1S/C10H24N.C2H2O4/c1-5-8-11(4,9-6-2)10-7-3;3-1(4)2(5)6/h5-10H2,1-4H3;(H,3,4)(H,5,6)/q+1;/p-1. The van der Waals surface area contributed by atoms with Crippen molar-refractivity contribution in [1.82, 2.24) is 0 Å². The highest BCUT2D eigenvalue weighted by molar-refractivity contribution is 6.26. The molecule has 5 heteroatoms. The Kier molecular flexibility index (Phi) is 10.8. The summed E-state index contributed by atoms with van der Waals surface area (Å²) in [5, 5.41) is 16.3. The molecule has 0 heterocycles. The van der Waals surface area contributed by atoms with Gasteiger partial charge in [0.05, 0.1) is 26.7 Å². The smallest absolute Gasteiger partial charge is 0.351 e. The third-order valence-electron chi connectivity index (χ3n) is 2.46. The predicted molar refractivity (Wildman–Crippen MR) is 64.3 cm³/mol. The fourth-order valence-corrected chi connectivity index (χ4v) is 1.95. The molecule has 0 aromatic carbocycles. The van der Waals surface area contributed by atoms with Crippen LogP contribution in [0.4, 0.5) is 0 Å². The number of carboxylic acids is 2. The lowest BCUT2D eigenvalue weighted by Gasteiger charge is -2.33. The van der Waals surface area contributed by atoms with Crippen LogP contribution in [0.1, 0.15) is 40.0 Å². The second-order valence-corrected chi connectivity index (χ2v) is 4.38. The summed E-state index contributed by atoms with van der Waals surface area (Å²) in [6.45, 7) is 10.9. The summed E-state index contributed by atoms with van der Waals surface area (Å²) >= 11 is 0. The highest BCUT2D eigenvalue weighted by Crippen LogP contribution is 2.06. The molecule has 0 bridgehead atoms. The van der Waals surface area contributed by atoms with Crippen LogP contribution in [0.15, 0.2) is 0 Å².